The number of thioether (sulfide) groups is 1. The standard InChI is InChI=1S/C15H16N2O3S/c1-10-9-14(19)17-15(16-10)21-8-7-20-13-6-4-3-5-12(13)11(2)18/h3-6,9H,7-8H2,1-2H3,(H,16,17,19). The van der Waals surface area contributed by atoms with E-state index in [1.165, 1.54) is 24.8 Å². The Morgan fingerprint density at radius 3 is 2.86 bits per heavy atom. The smallest absolute Gasteiger partial charge is 0.251 e. The van der Waals surface area contributed by atoms with Crippen molar-refractivity contribution in [3.8, 4) is 5.75 Å². The van der Waals surface area contributed by atoms with E-state index in [0.29, 0.717) is 34.5 Å². The molecule has 5 nitrogen and oxygen atoms in total. The summed E-state index contributed by atoms with van der Waals surface area (Å²) in [5, 5.41) is 0.573. The van der Waals surface area contributed by atoms with Crippen molar-refractivity contribution in [2.45, 2.75) is 19.0 Å². The molecule has 1 aromatic carbocycles. The van der Waals surface area contributed by atoms with Crippen LogP contribution in [0.2, 0.25) is 0 Å². The fraction of sp³-hybridized carbons (Fsp3) is 0.267. The van der Waals surface area contributed by atoms with Crippen molar-refractivity contribution in [2.24, 2.45) is 0 Å². The van der Waals surface area contributed by atoms with Crippen molar-refractivity contribution in [2.75, 3.05) is 12.4 Å². The molecule has 6 heteroatoms. The minimum Gasteiger partial charge on any atom is -0.492 e. The number of ketones is 1. The van der Waals surface area contributed by atoms with Crippen molar-refractivity contribution < 1.29 is 9.53 Å². The maximum absolute atomic E-state index is 11.5. The minimum atomic E-state index is -0.159. The summed E-state index contributed by atoms with van der Waals surface area (Å²) in [6.07, 6.45) is 0. The Kier molecular flexibility index (Phi) is 5.16. The number of ether oxygens (including phenoxy) is 1. The zero-order valence-electron chi connectivity index (χ0n) is 11.9. The number of carbonyl (C=O) groups excluding carboxylic acids is 1. The van der Waals surface area contributed by atoms with Gasteiger partial charge in [0.05, 0.1) is 12.2 Å². The second kappa shape index (κ2) is 7.08. The molecule has 110 valence electrons. The first-order valence-corrected chi connectivity index (χ1v) is 7.48. The Morgan fingerprint density at radius 1 is 1.38 bits per heavy atom. The number of rotatable bonds is 6. The van der Waals surface area contributed by atoms with Gasteiger partial charge in [-0.05, 0) is 26.0 Å². The number of aromatic amines is 1. The van der Waals surface area contributed by atoms with Gasteiger partial charge < -0.3 is 9.72 Å². The molecule has 0 spiro atoms. The van der Waals surface area contributed by atoms with Gasteiger partial charge in [0.1, 0.15) is 5.75 Å². The van der Waals surface area contributed by atoms with E-state index < -0.39 is 0 Å². The molecule has 0 aliphatic carbocycles. The first kappa shape index (κ1) is 15.3. The molecule has 1 heterocycles. The van der Waals surface area contributed by atoms with E-state index in [2.05, 4.69) is 9.97 Å². The second-order valence-electron chi connectivity index (χ2n) is 4.44. The van der Waals surface area contributed by atoms with Crippen LogP contribution < -0.4 is 10.3 Å². The van der Waals surface area contributed by atoms with Crippen LogP contribution in [0, 0.1) is 6.92 Å². The molecule has 0 saturated carbocycles. The molecular formula is C15H16N2O3S. The highest BCUT2D eigenvalue weighted by atomic mass is 32.2. The van der Waals surface area contributed by atoms with Crippen molar-refractivity contribution in [3.05, 3.63) is 51.9 Å². The second-order valence-corrected chi connectivity index (χ2v) is 5.52. The first-order chi connectivity index (χ1) is 10.1. The van der Waals surface area contributed by atoms with Gasteiger partial charge in [-0.3, -0.25) is 9.59 Å². The summed E-state index contributed by atoms with van der Waals surface area (Å²) in [6, 6.07) is 8.59. The molecule has 0 bridgehead atoms. The Hall–Kier alpha value is -2.08. The third-order valence-electron chi connectivity index (χ3n) is 2.69. The number of hydrogen-bond acceptors (Lipinski definition) is 5. The molecule has 0 aliphatic heterocycles. The highest BCUT2D eigenvalue weighted by molar-refractivity contribution is 7.99. The van der Waals surface area contributed by atoms with E-state index >= 15 is 0 Å². The summed E-state index contributed by atoms with van der Waals surface area (Å²) in [6.45, 7) is 3.71. The molecule has 0 radical (unpaired) electrons. The molecule has 2 aromatic rings. The Morgan fingerprint density at radius 2 is 2.14 bits per heavy atom. The average Bonchev–Trinajstić information content (AvgIpc) is 2.43. The topological polar surface area (TPSA) is 72.0 Å². The fourth-order valence-electron chi connectivity index (χ4n) is 1.79. The van der Waals surface area contributed by atoms with Crippen LogP contribution in [0.25, 0.3) is 0 Å². The molecule has 21 heavy (non-hydrogen) atoms. The largest absolute Gasteiger partial charge is 0.492 e. The van der Waals surface area contributed by atoms with E-state index in [4.69, 9.17) is 4.74 Å². The Labute approximate surface area is 126 Å². The highest BCUT2D eigenvalue weighted by Gasteiger charge is 2.07. The van der Waals surface area contributed by atoms with Gasteiger partial charge in [-0.2, -0.15) is 0 Å². The van der Waals surface area contributed by atoms with Crippen LogP contribution in [0.3, 0.4) is 0 Å². The zero-order valence-corrected chi connectivity index (χ0v) is 12.7. The minimum absolute atomic E-state index is 0.0251. The number of H-pyrrole nitrogens is 1. The molecule has 0 fully saturated rings. The van der Waals surface area contributed by atoms with Crippen LogP contribution in [0.15, 0.2) is 40.3 Å². The third kappa shape index (κ3) is 4.46. The summed E-state index contributed by atoms with van der Waals surface area (Å²) in [7, 11) is 0. The molecule has 0 aliphatic rings. The van der Waals surface area contributed by atoms with Crippen molar-refractivity contribution >= 4 is 17.5 Å². The number of nitrogens with one attached hydrogen (secondary N) is 1. The van der Waals surface area contributed by atoms with Gasteiger partial charge in [0.25, 0.3) is 5.56 Å². The predicted octanol–water partition coefficient (Wildman–Crippen LogP) is 2.45. The van der Waals surface area contributed by atoms with E-state index in [0.717, 1.165) is 0 Å². The van der Waals surface area contributed by atoms with Crippen LogP contribution in [-0.4, -0.2) is 28.1 Å². The fourth-order valence-corrected chi connectivity index (χ4v) is 2.53. The zero-order chi connectivity index (χ0) is 15.2. The van der Waals surface area contributed by atoms with E-state index in [9.17, 15) is 9.59 Å². The van der Waals surface area contributed by atoms with Gasteiger partial charge in [0, 0.05) is 17.5 Å². The van der Waals surface area contributed by atoms with Gasteiger partial charge in [-0.15, -0.1) is 0 Å². The number of aromatic nitrogens is 2. The van der Waals surface area contributed by atoms with Crippen molar-refractivity contribution in [1.29, 1.82) is 0 Å². The number of benzene rings is 1. The summed E-state index contributed by atoms with van der Waals surface area (Å²) in [5.74, 6) is 1.18. The van der Waals surface area contributed by atoms with Crippen LogP contribution in [-0.2, 0) is 0 Å². The molecule has 1 aromatic heterocycles. The molecule has 2 rings (SSSR count). The SMILES string of the molecule is CC(=O)c1ccccc1OCCSc1nc(C)cc(=O)[nH]1. The van der Waals surface area contributed by atoms with Gasteiger partial charge in [-0.25, -0.2) is 4.98 Å². The van der Waals surface area contributed by atoms with Crippen LogP contribution in [0.5, 0.6) is 5.75 Å². The van der Waals surface area contributed by atoms with Gasteiger partial charge in [-0.1, -0.05) is 23.9 Å². The number of para-hydroxylation sites is 1. The molecule has 1 N–H and O–H groups in total. The van der Waals surface area contributed by atoms with Gasteiger partial charge in [0.15, 0.2) is 10.9 Å². The number of hydrogen-bond donors (Lipinski definition) is 1. The quantitative estimate of drug-likeness (QED) is 0.384. The van der Waals surface area contributed by atoms with E-state index in [1.807, 2.05) is 6.07 Å². The van der Waals surface area contributed by atoms with Crippen LogP contribution >= 0.6 is 11.8 Å². The summed E-state index contributed by atoms with van der Waals surface area (Å²) in [5.41, 5.74) is 1.10. The monoisotopic (exact) mass is 304 g/mol. The lowest BCUT2D eigenvalue weighted by molar-refractivity contribution is 0.101. The lowest BCUT2D eigenvalue weighted by Crippen LogP contribution is -2.09. The lowest BCUT2D eigenvalue weighted by Gasteiger charge is -2.09. The molecule has 0 atom stereocenters. The maximum atomic E-state index is 11.5. The summed E-state index contributed by atoms with van der Waals surface area (Å²) >= 11 is 1.41. The van der Waals surface area contributed by atoms with E-state index in [1.54, 1.807) is 25.1 Å². The van der Waals surface area contributed by atoms with E-state index in [-0.39, 0.29) is 11.3 Å². The number of Topliss-reactive ketones (excluding diaryl/α,β-unsaturated/α-hetero) is 1. The number of aryl methyl sites for hydroxylation is 1. The predicted molar refractivity (Wildman–Crippen MR) is 82.3 cm³/mol. The number of carbonyl (C=O) groups is 1. The maximum Gasteiger partial charge on any atom is 0.251 e. The molecule has 0 unspecified atom stereocenters. The number of nitrogens with zero attached hydrogens (tertiary/aromatic N) is 1. The van der Waals surface area contributed by atoms with Crippen molar-refractivity contribution in [1.82, 2.24) is 9.97 Å². The van der Waals surface area contributed by atoms with Crippen molar-refractivity contribution in [3.63, 3.8) is 0 Å². The van der Waals surface area contributed by atoms with Crippen LogP contribution in [0.4, 0.5) is 0 Å². The highest BCUT2D eigenvalue weighted by Crippen LogP contribution is 2.19. The lowest BCUT2D eigenvalue weighted by atomic mass is 10.1. The van der Waals surface area contributed by atoms with Gasteiger partial charge in [0.2, 0.25) is 0 Å². The van der Waals surface area contributed by atoms with Gasteiger partial charge >= 0.3 is 0 Å². The third-order valence-corrected chi connectivity index (χ3v) is 3.53. The molecule has 0 saturated heterocycles. The first-order valence-electron chi connectivity index (χ1n) is 6.50. The normalized spacial score (nSPS) is 10.4. The average molecular weight is 304 g/mol. The Balaban J connectivity index is 1.90. The molecule has 0 amide bonds. The summed E-state index contributed by atoms with van der Waals surface area (Å²) < 4.78 is 5.62. The Bertz CT molecular complexity index is 697. The molecular weight excluding hydrogens is 288 g/mol. The van der Waals surface area contributed by atoms with Crippen LogP contribution in [0.1, 0.15) is 23.0 Å². The summed E-state index contributed by atoms with van der Waals surface area (Å²) in [4.78, 5) is 29.7.